The van der Waals surface area contributed by atoms with Crippen LogP contribution in [-0.4, -0.2) is 49.5 Å². The van der Waals surface area contributed by atoms with Crippen molar-refractivity contribution in [3.8, 4) is 22.9 Å². The Morgan fingerprint density at radius 1 is 0.552 bits per heavy atom. The van der Waals surface area contributed by atoms with Gasteiger partial charge >= 0.3 is 0 Å². The van der Waals surface area contributed by atoms with Crippen LogP contribution in [0.5, 0.6) is 0 Å². The fraction of sp³-hybridized carbons (Fsp3) is 0.364. The summed E-state index contributed by atoms with van der Waals surface area (Å²) in [5, 5.41) is 22.6. The molecule has 0 fully saturated rings. The Kier molecular flexibility index (Phi) is 6.98. The average Bonchev–Trinajstić information content (AvgIpc) is 3.24. The highest BCUT2D eigenvalue weighted by Crippen LogP contribution is 2.28. The van der Waals surface area contributed by atoms with Gasteiger partial charge in [-0.1, -0.05) is 36.4 Å². The third kappa shape index (κ3) is 5.27. The summed E-state index contributed by atoms with van der Waals surface area (Å²) in [6, 6.07) is 16.4. The molecule has 1 aliphatic rings. The molecule has 152 valence electrons. The molecule has 7 nitrogen and oxygen atoms in total. The Bertz CT molecular complexity index is 838. The fourth-order valence-corrected chi connectivity index (χ4v) is 3.43. The molecule has 1 aliphatic heterocycles. The first kappa shape index (κ1) is 19.7. The van der Waals surface area contributed by atoms with E-state index in [-0.39, 0.29) is 0 Å². The minimum atomic E-state index is 0.556. The molecule has 0 saturated carbocycles. The smallest absolute Gasteiger partial charge is 0.248 e. The summed E-state index contributed by atoms with van der Waals surface area (Å²) in [6.45, 7) is 7.11. The van der Waals surface area contributed by atoms with Crippen molar-refractivity contribution in [1.82, 2.24) is 31.5 Å². The molecule has 2 heterocycles. The van der Waals surface area contributed by atoms with Crippen LogP contribution < -0.4 is 21.3 Å². The Hall–Kier alpha value is -2.58. The molecule has 0 unspecified atom stereocenters. The molecule has 0 atom stereocenters. The molecule has 0 saturated heterocycles. The molecule has 0 aliphatic carbocycles. The van der Waals surface area contributed by atoms with E-state index in [0.29, 0.717) is 11.8 Å². The minimum absolute atomic E-state index is 0.556. The van der Waals surface area contributed by atoms with Crippen LogP contribution in [0.4, 0.5) is 0 Å². The Labute approximate surface area is 171 Å². The number of aromatic nitrogens is 2. The van der Waals surface area contributed by atoms with Gasteiger partial charge in [0.15, 0.2) is 0 Å². The van der Waals surface area contributed by atoms with Crippen molar-refractivity contribution < 1.29 is 4.42 Å². The molecular formula is C22H28N6O. The number of nitrogens with zero attached hydrogens (tertiary/aromatic N) is 2. The van der Waals surface area contributed by atoms with Gasteiger partial charge < -0.3 is 25.7 Å². The van der Waals surface area contributed by atoms with Gasteiger partial charge in [0.2, 0.25) is 11.8 Å². The van der Waals surface area contributed by atoms with E-state index in [9.17, 15) is 0 Å². The predicted molar refractivity (Wildman–Crippen MR) is 114 cm³/mol. The van der Waals surface area contributed by atoms with Crippen molar-refractivity contribution in [2.75, 3.05) is 39.3 Å². The van der Waals surface area contributed by atoms with E-state index in [0.717, 1.165) is 74.6 Å². The Morgan fingerprint density at radius 2 is 0.966 bits per heavy atom. The van der Waals surface area contributed by atoms with Gasteiger partial charge in [0.1, 0.15) is 0 Å². The van der Waals surface area contributed by atoms with Crippen LogP contribution in [0, 0.1) is 0 Å². The first-order chi connectivity index (χ1) is 14.4. The van der Waals surface area contributed by atoms with E-state index in [2.05, 4.69) is 43.6 Å². The van der Waals surface area contributed by atoms with Gasteiger partial charge in [-0.25, -0.2) is 0 Å². The van der Waals surface area contributed by atoms with Gasteiger partial charge in [0.25, 0.3) is 0 Å². The highest BCUT2D eigenvalue weighted by molar-refractivity contribution is 5.63. The highest BCUT2D eigenvalue weighted by atomic mass is 16.4. The zero-order chi connectivity index (χ0) is 19.7. The molecule has 1 aromatic heterocycles. The number of hydrogen-bond donors (Lipinski definition) is 4. The molecule has 2 aromatic carbocycles. The first-order valence-electron chi connectivity index (χ1n) is 10.2. The van der Waals surface area contributed by atoms with Crippen molar-refractivity contribution in [1.29, 1.82) is 0 Å². The number of hydrogen-bond acceptors (Lipinski definition) is 7. The van der Waals surface area contributed by atoms with E-state index in [1.165, 1.54) is 0 Å². The van der Waals surface area contributed by atoms with Gasteiger partial charge in [0.05, 0.1) is 0 Å². The van der Waals surface area contributed by atoms with Crippen molar-refractivity contribution in [2.45, 2.75) is 13.1 Å². The Balaban J connectivity index is 1.60. The standard InChI is InChI=1S/C22H28N6O/c1-3-7-19-17(5-1)15-25-13-11-23-9-10-24-12-14-26-16-18-6-2-4-8-20(18)22-28-27-21(19)29-22/h1-8,23-26H,9-16H2. The molecule has 4 N–H and O–H groups in total. The first-order valence-corrected chi connectivity index (χ1v) is 10.2. The largest absolute Gasteiger partial charge is 0.416 e. The van der Waals surface area contributed by atoms with Crippen LogP contribution in [0.25, 0.3) is 22.9 Å². The molecule has 7 heteroatoms. The second-order valence-electron chi connectivity index (χ2n) is 7.08. The van der Waals surface area contributed by atoms with Crippen molar-refractivity contribution in [3.05, 3.63) is 59.7 Å². The minimum Gasteiger partial charge on any atom is -0.416 e. The second kappa shape index (κ2) is 10.3. The number of rotatable bonds is 0. The van der Waals surface area contributed by atoms with E-state index in [4.69, 9.17) is 4.42 Å². The average molecular weight is 393 g/mol. The zero-order valence-electron chi connectivity index (χ0n) is 16.6. The summed E-state index contributed by atoms with van der Waals surface area (Å²) < 4.78 is 6.10. The lowest BCUT2D eigenvalue weighted by atomic mass is 10.1. The van der Waals surface area contributed by atoms with Crippen LogP contribution in [0.2, 0.25) is 0 Å². The van der Waals surface area contributed by atoms with Crippen molar-refractivity contribution in [3.63, 3.8) is 0 Å². The monoisotopic (exact) mass is 392 g/mol. The summed E-state index contributed by atoms with van der Waals surface area (Å²) in [6.07, 6.45) is 0. The lowest BCUT2D eigenvalue weighted by Gasteiger charge is -2.10. The fourth-order valence-electron chi connectivity index (χ4n) is 3.43. The lowest BCUT2D eigenvalue weighted by molar-refractivity contribution is 0.566. The summed E-state index contributed by atoms with van der Waals surface area (Å²) in [4.78, 5) is 0. The quantitative estimate of drug-likeness (QED) is 0.464. The molecule has 2 bridgehead atoms. The molecule has 0 spiro atoms. The lowest BCUT2D eigenvalue weighted by Crippen LogP contribution is -2.35. The highest BCUT2D eigenvalue weighted by Gasteiger charge is 2.15. The summed E-state index contributed by atoms with van der Waals surface area (Å²) in [5.74, 6) is 1.11. The van der Waals surface area contributed by atoms with Gasteiger partial charge in [-0.15, -0.1) is 10.2 Å². The van der Waals surface area contributed by atoms with Crippen molar-refractivity contribution >= 4 is 0 Å². The topological polar surface area (TPSA) is 87.0 Å². The normalized spacial score (nSPS) is 16.7. The van der Waals surface area contributed by atoms with E-state index in [1.807, 2.05) is 36.4 Å². The molecule has 4 rings (SSSR count). The molecule has 3 aromatic rings. The van der Waals surface area contributed by atoms with E-state index in [1.54, 1.807) is 0 Å². The maximum absolute atomic E-state index is 6.10. The predicted octanol–water partition coefficient (Wildman–Crippen LogP) is 1.78. The van der Waals surface area contributed by atoms with Gasteiger partial charge in [-0.05, 0) is 23.3 Å². The third-order valence-corrected chi connectivity index (χ3v) is 4.99. The molecular weight excluding hydrogens is 364 g/mol. The maximum atomic E-state index is 6.10. The van der Waals surface area contributed by atoms with Crippen LogP contribution in [0.1, 0.15) is 11.1 Å². The van der Waals surface area contributed by atoms with Crippen LogP contribution in [-0.2, 0) is 13.1 Å². The molecule has 0 radical (unpaired) electrons. The van der Waals surface area contributed by atoms with Crippen LogP contribution >= 0.6 is 0 Å². The number of fused-ring (bicyclic) bond motifs is 6. The van der Waals surface area contributed by atoms with Gasteiger partial charge in [-0.3, -0.25) is 0 Å². The summed E-state index contributed by atoms with van der Waals surface area (Å²) in [5.41, 5.74) is 4.25. The molecule has 0 amide bonds. The van der Waals surface area contributed by atoms with E-state index >= 15 is 0 Å². The van der Waals surface area contributed by atoms with Gasteiger partial charge in [-0.2, -0.15) is 0 Å². The summed E-state index contributed by atoms with van der Waals surface area (Å²) >= 11 is 0. The number of nitrogens with one attached hydrogen (secondary N) is 4. The van der Waals surface area contributed by atoms with Crippen LogP contribution in [0.15, 0.2) is 52.9 Å². The summed E-state index contributed by atoms with van der Waals surface area (Å²) in [7, 11) is 0. The third-order valence-electron chi connectivity index (χ3n) is 4.99. The van der Waals surface area contributed by atoms with Crippen molar-refractivity contribution in [2.24, 2.45) is 0 Å². The second-order valence-corrected chi connectivity index (χ2v) is 7.08. The number of benzene rings is 2. The van der Waals surface area contributed by atoms with Crippen LogP contribution in [0.3, 0.4) is 0 Å². The Morgan fingerprint density at radius 3 is 1.45 bits per heavy atom. The molecule has 29 heavy (non-hydrogen) atoms. The SMILES string of the molecule is c1ccc2c(c1)CNCCNCCNCCNCc1ccccc1-c1nnc-2o1. The van der Waals surface area contributed by atoms with Gasteiger partial charge in [0, 0.05) is 63.5 Å². The zero-order valence-corrected chi connectivity index (χ0v) is 16.6. The maximum Gasteiger partial charge on any atom is 0.248 e. The van der Waals surface area contributed by atoms with E-state index < -0.39 is 0 Å².